The predicted molar refractivity (Wildman–Crippen MR) is 76.5 cm³/mol. The van der Waals surface area contributed by atoms with Crippen molar-refractivity contribution >= 4 is 23.1 Å². The Hall–Kier alpha value is -1.49. The number of amides is 1. The van der Waals surface area contributed by atoms with E-state index in [9.17, 15) is 4.79 Å². The number of thiocarbonyl (C=S) groups is 1. The third kappa shape index (κ3) is 3.77. The molecule has 0 saturated carbocycles. The number of nitrogens with two attached hydrogens (primary N) is 1. The van der Waals surface area contributed by atoms with Gasteiger partial charge in [0.05, 0.1) is 10.6 Å². The number of hydrogen-bond acceptors (Lipinski definition) is 3. The van der Waals surface area contributed by atoms with Gasteiger partial charge in [0.15, 0.2) is 0 Å². The van der Waals surface area contributed by atoms with Crippen LogP contribution in [-0.4, -0.2) is 33.9 Å². The van der Waals surface area contributed by atoms with E-state index in [4.69, 9.17) is 18.0 Å². The molecule has 2 N–H and O–H groups in total. The zero-order chi connectivity index (χ0) is 13.7. The van der Waals surface area contributed by atoms with Crippen LogP contribution in [0.1, 0.15) is 29.9 Å². The molecule has 1 amide bonds. The molecule has 0 aromatic carbocycles. The molecule has 4 nitrogen and oxygen atoms in total. The lowest BCUT2D eigenvalue weighted by Gasteiger charge is -2.24. The van der Waals surface area contributed by atoms with Crippen molar-refractivity contribution in [3.8, 4) is 0 Å². The van der Waals surface area contributed by atoms with Crippen LogP contribution >= 0.6 is 12.2 Å². The van der Waals surface area contributed by atoms with Crippen LogP contribution in [-0.2, 0) is 0 Å². The SMILES string of the molecule is CCN(CC(C)C(N)=S)C(=O)c1ccc(C)nc1. The molecule has 18 heavy (non-hydrogen) atoms. The number of rotatable bonds is 5. The second kappa shape index (κ2) is 6.44. The third-order valence-electron chi connectivity index (χ3n) is 2.81. The highest BCUT2D eigenvalue weighted by Gasteiger charge is 2.18. The minimum atomic E-state index is -0.0342. The van der Waals surface area contributed by atoms with Gasteiger partial charge in [0.1, 0.15) is 0 Å². The monoisotopic (exact) mass is 265 g/mol. The minimum Gasteiger partial charge on any atom is -0.393 e. The number of aromatic nitrogens is 1. The molecule has 0 bridgehead atoms. The average Bonchev–Trinajstić information content (AvgIpc) is 2.35. The Morgan fingerprint density at radius 1 is 1.56 bits per heavy atom. The van der Waals surface area contributed by atoms with Gasteiger partial charge in [0.2, 0.25) is 0 Å². The first-order valence-corrected chi connectivity index (χ1v) is 6.37. The summed E-state index contributed by atoms with van der Waals surface area (Å²) in [5, 5.41) is 0. The number of pyridine rings is 1. The van der Waals surface area contributed by atoms with Crippen LogP contribution in [0.4, 0.5) is 0 Å². The van der Waals surface area contributed by atoms with Gasteiger partial charge >= 0.3 is 0 Å². The summed E-state index contributed by atoms with van der Waals surface area (Å²) in [6.07, 6.45) is 1.60. The van der Waals surface area contributed by atoms with E-state index in [0.29, 0.717) is 23.6 Å². The van der Waals surface area contributed by atoms with Crippen LogP contribution in [0.25, 0.3) is 0 Å². The first-order chi connectivity index (χ1) is 8.45. The van der Waals surface area contributed by atoms with Crippen LogP contribution in [0.5, 0.6) is 0 Å². The summed E-state index contributed by atoms with van der Waals surface area (Å²) < 4.78 is 0. The van der Waals surface area contributed by atoms with Gasteiger partial charge in [0.25, 0.3) is 5.91 Å². The maximum absolute atomic E-state index is 12.2. The van der Waals surface area contributed by atoms with Crippen molar-refractivity contribution in [1.82, 2.24) is 9.88 Å². The smallest absolute Gasteiger partial charge is 0.255 e. The Morgan fingerprint density at radius 3 is 2.67 bits per heavy atom. The maximum atomic E-state index is 12.2. The van der Waals surface area contributed by atoms with Crippen LogP contribution in [0.15, 0.2) is 18.3 Å². The van der Waals surface area contributed by atoms with Crippen LogP contribution in [0.2, 0.25) is 0 Å². The van der Waals surface area contributed by atoms with E-state index < -0.39 is 0 Å². The Bertz CT molecular complexity index is 430. The highest BCUT2D eigenvalue weighted by Crippen LogP contribution is 2.08. The van der Waals surface area contributed by atoms with Crippen molar-refractivity contribution < 1.29 is 4.79 Å². The lowest BCUT2D eigenvalue weighted by atomic mass is 10.1. The molecule has 1 unspecified atom stereocenters. The van der Waals surface area contributed by atoms with Crippen LogP contribution in [0.3, 0.4) is 0 Å². The van der Waals surface area contributed by atoms with Crippen LogP contribution < -0.4 is 5.73 Å². The summed E-state index contributed by atoms with van der Waals surface area (Å²) in [5.41, 5.74) is 7.07. The molecular formula is C13H19N3OS. The molecule has 0 aliphatic rings. The van der Waals surface area contributed by atoms with E-state index in [0.717, 1.165) is 5.69 Å². The number of carbonyl (C=O) groups excluding carboxylic acids is 1. The average molecular weight is 265 g/mol. The fourth-order valence-corrected chi connectivity index (χ4v) is 1.63. The Balaban J connectivity index is 2.79. The Kier molecular flexibility index (Phi) is 5.22. The van der Waals surface area contributed by atoms with Gasteiger partial charge in [-0.3, -0.25) is 9.78 Å². The summed E-state index contributed by atoms with van der Waals surface area (Å²) in [6.45, 7) is 6.91. The molecule has 0 spiro atoms. The lowest BCUT2D eigenvalue weighted by molar-refractivity contribution is 0.0754. The molecule has 0 aliphatic carbocycles. The van der Waals surface area contributed by atoms with Crippen LogP contribution in [0, 0.1) is 12.8 Å². The second-order valence-corrected chi connectivity index (χ2v) is 4.81. The van der Waals surface area contributed by atoms with Crippen molar-refractivity contribution in [3.63, 3.8) is 0 Å². The van der Waals surface area contributed by atoms with Gasteiger partial charge in [0, 0.05) is 30.9 Å². The van der Waals surface area contributed by atoms with Crippen molar-refractivity contribution in [3.05, 3.63) is 29.6 Å². The number of hydrogen-bond donors (Lipinski definition) is 1. The molecule has 0 radical (unpaired) electrons. The van der Waals surface area contributed by atoms with Gasteiger partial charge < -0.3 is 10.6 Å². The second-order valence-electron chi connectivity index (χ2n) is 4.34. The largest absolute Gasteiger partial charge is 0.393 e. The van der Waals surface area contributed by atoms with Gasteiger partial charge in [-0.15, -0.1) is 0 Å². The van der Waals surface area contributed by atoms with E-state index in [1.807, 2.05) is 26.8 Å². The Morgan fingerprint density at radius 2 is 2.22 bits per heavy atom. The molecule has 0 fully saturated rings. The molecule has 5 heteroatoms. The van der Waals surface area contributed by atoms with Gasteiger partial charge in [-0.25, -0.2) is 0 Å². The first-order valence-electron chi connectivity index (χ1n) is 5.97. The molecule has 1 heterocycles. The normalized spacial score (nSPS) is 11.9. The van der Waals surface area contributed by atoms with Crippen molar-refractivity contribution in [2.75, 3.05) is 13.1 Å². The van der Waals surface area contributed by atoms with Crippen molar-refractivity contribution in [2.45, 2.75) is 20.8 Å². The van der Waals surface area contributed by atoms with Gasteiger partial charge in [-0.2, -0.15) is 0 Å². The zero-order valence-electron chi connectivity index (χ0n) is 11.0. The Labute approximate surface area is 113 Å². The molecule has 1 aromatic rings. The standard InChI is InChI=1S/C13H19N3OS/c1-4-16(8-9(2)12(14)18)13(17)11-6-5-10(3)15-7-11/h5-7,9H,4,8H2,1-3H3,(H2,14,18). The molecule has 1 atom stereocenters. The highest BCUT2D eigenvalue weighted by atomic mass is 32.1. The molecule has 98 valence electrons. The summed E-state index contributed by atoms with van der Waals surface area (Å²) in [7, 11) is 0. The van der Waals surface area contributed by atoms with E-state index in [1.54, 1.807) is 17.2 Å². The summed E-state index contributed by atoms with van der Waals surface area (Å²) in [4.78, 5) is 18.5. The quantitative estimate of drug-likeness (QED) is 0.824. The minimum absolute atomic E-state index is 0.0160. The molecule has 1 aromatic heterocycles. The van der Waals surface area contributed by atoms with Crippen molar-refractivity contribution in [2.24, 2.45) is 11.7 Å². The van der Waals surface area contributed by atoms with Crippen molar-refractivity contribution in [1.29, 1.82) is 0 Å². The zero-order valence-corrected chi connectivity index (χ0v) is 11.8. The summed E-state index contributed by atoms with van der Waals surface area (Å²) in [5.74, 6) is -0.0181. The van der Waals surface area contributed by atoms with E-state index in [1.165, 1.54) is 0 Å². The van der Waals surface area contributed by atoms with E-state index >= 15 is 0 Å². The fourth-order valence-electron chi connectivity index (χ4n) is 1.55. The fraction of sp³-hybridized carbons (Fsp3) is 0.462. The van der Waals surface area contributed by atoms with Gasteiger partial charge in [-0.05, 0) is 26.0 Å². The lowest BCUT2D eigenvalue weighted by Crippen LogP contribution is -2.38. The molecular weight excluding hydrogens is 246 g/mol. The molecule has 1 rings (SSSR count). The number of nitrogens with zero attached hydrogens (tertiary/aromatic N) is 2. The maximum Gasteiger partial charge on any atom is 0.255 e. The summed E-state index contributed by atoms with van der Waals surface area (Å²) in [6, 6.07) is 3.62. The third-order valence-corrected chi connectivity index (χ3v) is 3.21. The van der Waals surface area contributed by atoms with Gasteiger partial charge in [-0.1, -0.05) is 19.1 Å². The first kappa shape index (κ1) is 14.6. The summed E-state index contributed by atoms with van der Waals surface area (Å²) >= 11 is 4.93. The van der Waals surface area contributed by atoms with E-state index in [-0.39, 0.29) is 11.8 Å². The number of aryl methyl sites for hydroxylation is 1. The highest BCUT2D eigenvalue weighted by molar-refractivity contribution is 7.80. The number of carbonyl (C=O) groups is 1. The van der Waals surface area contributed by atoms with E-state index in [2.05, 4.69) is 4.98 Å². The molecule has 0 saturated heterocycles. The molecule has 0 aliphatic heterocycles. The topological polar surface area (TPSA) is 59.2 Å². The predicted octanol–water partition coefficient (Wildman–Crippen LogP) is 1.77.